The van der Waals surface area contributed by atoms with Crippen molar-refractivity contribution >= 4 is 23.2 Å². The van der Waals surface area contributed by atoms with E-state index in [9.17, 15) is 9.59 Å². The average molecular weight is 412 g/mol. The maximum Gasteiger partial charge on any atom is 0.224 e. The highest BCUT2D eigenvalue weighted by Crippen LogP contribution is 2.28. The van der Waals surface area contributed by atoms with Crippen LogP contribution in [-0.2, 0) is 4.79 Å². The van der Waals surface area contributed by atoms with Gasteiger partial charge in [0.2, 0.25) is 5.91 Å². The highest BCUT2D eigenvalue weighted by Gasteiger charge is 2.16. The van der Waals surface area contributed by atoms with Crippen LogP contribution in [0.1, 0.15) is 23.2 Å². The molecule has 8 nitrogen and oxygen atoms in total. The number of hydrogen-bond acceptors (Lipinski definition) is 7. The third-order valence-electron chi connectivity index (χ3n) is 5.14. The van der Waals surface area contributed by atoms with Crippen molar-refractivity contribution in [1.29, 1.82) is 0 Å². The van der Waals surface area contributed by atoms with Gasteiger partial charge in [-0.15, -0.1) is 0 Å². The Morgan fingerprint density at radius 1 is 1.00 bits per heavy atom. The highest BCUT2D eigenvalue weighted by atomic mass is 16.5. The van der Waals surface area contributed by atoms with E-state index in [1.54, 1.807) is 24.4 Å². The standard InChI is InChI=1S/C22H28N4O4/c1-25-10-12-26(13-11-25)21-8-5-17(15-23-21)24-22(28)9-6-18(27)16-4-7-19(29-2)20(14-16)30-3/h4-5,7-8,14-15H,6,9-13H2,1-3H3,(H,24,28). The summed E-state index contributed by atoms with van der Waals surface area (Å²) < 4.78 is 10.4. The SMILES string of the molecule is COc1ccc(C(=O)CCC(=O)Nc2ccc(N3CCN(C)CC3)nc2)cc1OC. The van der Waals surface area contributed by atoms with Gasteiger partial charge in [0.1, 0.15) is 5.82 Å². The zero-order valence-corrected chi connectivity index (χ0v) is 17.7. The van der Waals surface area contributed by atoms with Gasteiger partial charge in [-0.3, -0.25) is 9.59 Å². The fraction of sp³-hybridized carbons (Fsp3) is 0.409. The van der Waals surface area contributed by atoms with Crippen LogP contribution >= 0.6 is 0 Å². The monoisotopic (exact) mass is 412 g/mol. The van der Waals surface area contributed by atoms with Crippen LogP contribution in [0.2, 0.25) is 0 Å². The maximum absolute atomic E-state index is 12.4. The Labute approximate surface area is 176 Å². The Morgan fingerprint density at radius 3 is 2.37 bits per heavy atom. The van der Waals surface area contributed by atoms with E-state index in [-0.39, 0.29) is 24.5 Å². The Kier molecular flexibility index (Phi) is 7.24. The maximum atomic E-state index is 12.4. The molecule has 1 saturated heterocycles. The molecule has 0 unspecified atom stereocenters. The molecule has 2 heterocycles. The molecule has 0 bridgehead atoms. The summed E-state index contributed by atoms with van der Waals surface area (Å²) in [6, 6.07) is 8.73. The van der Waals surface area contributed by atoms with Gasteiger partial charge in [-0.25, -0.2) is 4.98 Å². The number of piperazine rings is 1. The van der Waals surface area contributed by atoms with Crippen LogP contribution < -0.4 is 19.7 Å². The normalized spacial score (nSPS) is 14.3. The Morgan fingerprint density at radius 2 is 1.73 bits per heavy atom. The molecule has 8 heteroatoms. The van der Waals surface area contributed by atoms with Crippen molar-refractivity contribution in [2.75, 3.05) is 57.7 Å². The number of benzene rings is 1. The zero-order chi connectivity index (χ0) is 21.5. The summed E-state index contributed by atoms with van der Waals surface area (Å²) in [6.07, 6.45) is 1.85. The number of carbonyl (C=O) groups is 2. The summed E-state index contributed by atoms with van der Waals surface area (Å²) in [5, 5.41) is 2.80. The lowest BCUT2D eigenvalue weighted by molar-refractivity contribution is -0.116. The van der Waals surface area contributed by atoms with Crippen LogP contribution in [0.4, 0.5) is 11.5 Å². The molecule has 1 aromatic heterocycles. The average Bonchev–Trinajstić information content (AvgIpc) is 2.78. The van der Waals surface area contributed by atoms with E-state index >= 15 is 0 Å². The van der Waals surface area contributed by atoms with E-state index in [4.69, 9.17) is 9.47 Å². The number of nitrogens with zero attached hydrogens (tertiary/aromatic N) is 3. The molecule has 1 amide bonds. The number of likely N-dealkylation sites (N-methyl/N-ethyl adjacent to an activating group) is 1. The molecule has 0 spiro atoms. The number of anilines is 2. The first-order valence-corrected chi connectivity index (χ1v) is 9.95. The van der Waals surface area contributed by atoms with Crippen LogP contribution in [0.15, 0.2) is 36.5 Å². The number of nitrogens with one attached hydrogen (secondary N) is 1. The summed E-state index contributed by atoms with van der Waals surface area (Å²) in [5.41, 5.74) is 1.11. The van der Waals surface area contributed by atoms with Crippen molar-refractivity contribution in [3.63, 3.8) is 0 Å². The number of Topliss-reactive ketones (excluding diaryl/α,β-unsaturated/α-hetero) is 1. The number of aromatic nitrogens is 1. The zero-order valence-electron chi connectivity index (χ0n) is 17.7. The summed E-state index contributed by atoms with van der Waals surface area (Å²) in [6.45, 7) is 3.89. The molecular weight excluding hydrogens is 384 g/mol. The van der Waals surface area contributed by atoms with Gasteiger partial charge in [-0.1, -0.05) is 0 Å². The Bertz CT molecular complexity index is 877. The minimum atomic E-state index is -0.224. The van der Waals surface area contributed by atoms with Gasteiger partial charge in [0.25, 0.3) is 0 Å². The quantitative estimate of drug-likeness (QED) is 0.667. The second kappa shape index (κ2) is 10.1. The van der Waals surface area contributed by atoms with Gasteiger partial charge in [0.05, 0.1) is 26.1 Å². The lowest BCUT2D eigenvalue weighted by atomic mass is 10.1. The first-order chi connectivity index (χ1) is 14.5. The van der Waals surface area contributed by atoms with Crippen LogP contribution in [-0.4, -0.2) is 69.0 Å². The number of methoxy groups -OCH3 is 2. The predicted octanol–water partition coefficient (Wildman–Crippen LogP) is 2.45. The van der Waals surface area contributed by atoms with E-state index in [1.165, 1.54) is 14.2 Å². The summed E-state index contributed by atoms with van der Waals surface area (Å²) in [5.74, 6) is 1.59. The van der Waals surface area contributed by atoms with Crippen molar-refractivity contribution in [3.8, 4) is 11.5 Å². The predicted molar refractivity (Wildman–Crippen MR) is 116 cm³/mol. The van der Waals surface area contributed by atoms with Gasteiger partial charge in [-0.2, -0.15) is 0 Å². The van der Waals surface area contributed by atoms with Crippen molar-refractivity contribution in [3.05, 3.63) is 42.1 Å². The van der Waals surface area contributed by atoms with Crippen LogP contribution in [0.25, 0.3) is 0 Å². The minimum Gasteiger partial charge on any atom is -0.493 e. The fourth-order valence-corrected chi connectivity index (χ4v) is 3.29. The second-order valence-corrected chi connectivity index (χ2v) is 7.24. The van der Waals surface area contributed by atoms with Crippen molar-refractivity contribution in [2.24, 2.45) is 0 Å². The largest absolute Gasteiger partial charge is 0.493 e. The van der Waals surface area contributed by atoms with Gasteiger partial charge in [0.15, 0.2) is 17.3 Å². The van der Waals surface area contributed by atoms with Crippen LogP contribution in [0, 0.1) is 0 Å². The van der Waals surface area contributed by atoms with Crippen LogP contribution in [0.5, 0.6) is 11.5 Å². The van der Waals surface area contributed by atoms with Gasteiger partial charge < -0.3 is 24.6 Å². The molecule has 2 aromatic rings. The van der Waals surface area contributed by atoms with Crippen molar-refractivity contribution in [1.82, 2.24) is 9.88 Å². The third-order valence-corrected chi connectivity index (χ3v) is 5.14. The fourth-order valence-electron chi connectivity index (χ4n) is 3.29. The lowest BCUT2D eigenvalue weighted by Gasteiger charge is -2.33. The number of ether oxygens (including phenoxy) is 2. The number of pyridine rings is 1. The molecule has 160 valence electrons. The number of hydrogen-bond donors (Lipinski definition) is 1. The number of carbonyl (C=O) groups excluding carboxylic acids is 2. The van der Waals surface area contributed by atoms with Crippen LogP contribution in [0.3, 0.4) is 0 Å². The molecule has 0 atom stereocenters. The number of rotatable bonds is 8. The first-order valence-electron chi connectivity index (χ1n) is 9.95. The molecule has 3 rings (SSSR count). The van der Waals surface area contributed by atoms with Crippen molar-refractivity contribution in [2.45, 2.75) is 12.8 Å². The molecule has 1 fully saturated rings. The molecule has 1 aliphatic rings. The molecule has 1 aliphatic heterocycles. The molecule has 0 saturated carbocycles. The highest BCUT2D eigenvalue weighted by molar-refractivity contribution is 6.00. The Balaban J connectivity index is 1.50. The molecule has 30 heavy (non-hydrogen) atoms. The third kappa shape index (κ3) is 5.48. The van der Waals surface area contributed by atoms with E-state index < -0.39 is 0 Å². The molecule has 1 N–H and O–H groups in total. The van der Waals surface area contributed by atoms with E-state index in [0.717, 1.165) is 32.0 Å². The minimum absolute atomic E-state index is 0.0907. The summed E-state index contributed by atoms with van der Waals surface area (Å²) in [4.78, 5) is 33.6. The number of ketones is 1. The summed E-state index contributed by atoms with van der Waals surface area (Å²) in [7, 11) is 5.16. The molecule has 0 radical (unpaired) electrons. The van der Waals surface area contributed by atoms with Gasteiger partial charge in [-0.05, 0) is 37.4 Å². The Hall–Kier alpha value is -3.13. The van der Waals surface area contributed by atoms with E-state index in [2.05, 4.69) is 27.1 Å². The van der Waals surface area contributed by atoms with Gasteiger partial charge >= 0.3 is 0 Å². The molecule has 1 aromatic carbocycles. The molecular formula is C22H28N4O4. The second-order valence-electron chi connectivity index (χ2n) is 7.24. The number of amides is 1. The van der Waals surface area contributed by atoms with E-state index in [0.29, 0.717) is 22.7 Å². The van der Waals surface area contributed by atoms with Crippen molar-refractivity contribution < 1.29 is 19.1 Å². The first kappa shape index (κ1) is 21.6. The lowest BCUT2D eigenvalue weighted by Crippen LogP contribution is -2.44. The topological polar surface area (TPSA) is 84.0 Å². The van der Waals surface area contributed by atoms with Gasteiger partial charge in [0, 0.05) is 44.6 Å². The molecule has 0 aliphatic carbocycles. The van der Waals surface area contributed by atoms with E-state index in [1.807, 2.05) is 12.1 Å². The summed E-state index contributed by atoms with van der Waals surface area (Å²) >= 11 is 0. The smallest absolute Gasteiger partial charge is 0.224 e.